The molecule has 0 spiro atoms. The minimum absolute atomic E-state index is 0.0644. The monoisotopic (exact) mass is 977 g/mol. The number of rotatable bonds is 5. The SMILES string of the molecule is Cc1ccc(N(c2ccc(C)cc2)c2cc3c4c(c2)-n2c5cc(C(C)(C)C)ccc5c5c6c(ccc7ccccc76)cc(c52)B4c2cc(C)cc4c2N3c2ccc(C)cc2[Si]4(c2ccccc2)c2ccccc2)cc1. The molecule has 0 saturated heterocycles. The van der Waals surface area contributed by atoms with E-state index >= 15 is 0 Å². The van der Waals surface area contributed by atoms with E-state index in [1.807, 2.05) is 0 Å². The van der Waals surface area contributed by atoms with Gasteiger partial charge in [0.25, 0.3) is 6.71 Å². The Morgan fingerprint density at radius 1 is 0.440 bits per heavy atom. The van der Waals surface area contributed by atoms with E-state index in [0.717, 1.165) is 17.1 Å². The lowest BCUT2D eigenvalue weighted by Crippen LogP contribution is -2.79. The number of aromatic nitrogens is 1. The van der Waals surface area contributed by atoms with Gasteiger partial charge in [-0.15, -0.1) is 0 Å². The fourth-order valence-corrected chi connectivity index (χ4v) is 19.1. The Kier molecular flexibility index (Phi) is 9.31. The number of nitrogens with zero attached hydrogens (tertiary/aromatic N) is 3. The maximum atomic E-state index is 2.72. The molecular formula is C70H56BN3Si. The molecule has 4 heterocycles. The van der Waals surface area contributed by atoms with Crippen molar-refractivity contribution in [2.45, 2.75) is 53.9 Å². The van der Waals surface area contributed by atoms with E-state index in [1.54, 1.807) is 0 Å². The van der Waals surface area contributed by atoms with Crippen LogP contribution in [0.4, 0.5) is 34.1 Å². The number of anilines is 6. The van der Waals surface area contributed by atoms with Crippen LogP contribution in [-0.4, -0.2) is 19.4 Å². The number of aryl methyl sites for hydroxylation is 4. The van der Waals surface area contributed by atoms with Gasteiger partial charge in [0, 0.05) is 44.9 Å². The average Bonchev–Trinajstić information content (AvgIpc) is 3.82. The van der Waals surface area contributed by atoms with E-state index in [-0.39, 0.29) is 12.1 Å². The minimum atomic E-state index is -3.02. The largest absolute Gasteiger partial charge is 0.312 e. The molecule has 3 aliphatic heterocycles. The van der Waals surface area contributed by atoms with E-state index in [9.17, 15) is 0 Å². The number of fused-ring (bicyclic) bond motifs is 13. The Hall–Kier alpha value is -8.38. The van der Waals surface area contributed by atoms with Crippen molar-refractivity contribution in [1.29, 1.82) is 0 Å². The van der Waals surface area contributed by atoms with Crippen molar-refractivity contribution in [3.63, 3.8) is 0 Å². The van der Waals surface area contributed by atoms with Gasteiger partial charge in [0.15, 0.2) is 8.07 Å². The first-order chi connectivity index (χ1) is 36.5. The van der Waals surface area contributed by atoms with Crippen molar-refractivity contribution in [3.8, 4) is 5.69 Å². The van der Waals surface area contributed by atoms with Crippen LogP contribution in [0.25, 0.3) is 49.0 Å². The van der Waals surface area contributed by atoms with Crippen molar-refractivity contribution >= 4 is 129 Å². The van der Waals surface area contributed by atoms with Crippen LogP contribution in [0.15, 0.2) is 212 Å². The third-order valence-electron chi connectivity index (χ3n) is 17.1. The molecule has 3 nitrogen and oxygen atoms in total. The zero-order chi connectivity index (χ0) is 50.6. The molecule has 1 aromatic heterocycles. The highest BCUT2D eigenvalue weighted by Gasteiger charge is 2.54. The molecule has 11 aromatic carbocycles. The second-order valence-electron chi connectivity index (χ2n) is 22.8. The predicted molar refractivity (Wildman–Crippen MR) is 325 cm³/mol. The molecule has 75 heavy (non-hydrogen) atoms. The summed E-state index contributed by atoms with van der Waals surface area (Å²) in [7, 11) is -3.02. The first-order valence-corrected chi connectivity index (χ1v) is 28.7. The van der Waals surface area contributed by atoms with Crippen molar-refractivity contribution in [3.05, 3.63) is 240 Å². The molecular weight excluding hydrogens is 922 g/mol. The minimum Gasteiger partial charge on any atom is -0.312 e. The van der Waals surface area contributed by atoms with Crippen LogP contribution in [0.5, 0.6) is 0 Å². The van der Waals surface area contributed by atoms with Gasteiger partial charge in [-0.05, 0) is 146 Å². The lowest BCUT2D eigenvalue weighted by atomic mass is 9.33. The molecule has 5 heteroatoms. The third kappa shape index (κ3) is 6.16. The lowest BCUT2D eigenvalue weighted by Gasteiger charge is -2.50. The van der Waals surface area contributed by atoms with Crippen LogP contribution < -0.4 is 46.9 Å². The average molecular weight is 978 g/mol. The Labute approximate surface area is 441 Å². The van der Waals surface area contributed by atoms with Gasteiger partial charge in [-0.3, -0.25) is 0 Å². The summed E-state index contributed by atoms with van der Waals surface area (Å²) in [6, 6.07) is 82.6. The van der Waals surface area contributed by atoms with Crippen LogP contribution in [0.1, 0.15) is 48.6 Å². The number of benzene rings is 11. The van der Waals surface area contributed by atoms with E-state index in [4.69, 9.17) is 0 Å². The highest BCUT2D eigenvalue weighted by atomic mass is 28.3. The molecule has 0 N–H and O–H groups in total. The Morgan fingerprint density at radius 2 is 1.05 bits per heavy atom. The zero-order valence-corrected chi connectivity index (χ0v) is 44.6. The maximum absolute atomic E-state index is 3.02. The normalized spacial score (nSPS) is 13.9. The van der Waals surface area contributed by atoms with Crippen molar-refractivity contribution in [1.82, 2.24) is 4.57 Å². The molecule has 0 aliphatic carbocycles. The standard InChI is InChI=1S/C70H56BN3Si/c1-43-22-30-50(31-23-43)72(51-32-24-44(2)25-33-51)52-41-61-67-62(42-52)74-60-40-49(70(5,6)7)29-34-56(60)66-65-48(28-27-47-16-14-15-21-55(47)65)39-58(69(66)74)71(67)57-36-46(4)38-64-68(57)73(61)59-35-26-45(3)37-63(59)75(64,53-17-10-8-11-18-53)54-19-12-9-13-20-54/h8-42H,1-7H3. The second-order valence-corrected chi connectivity index (χ2v) is 26.5. The summed E-state index contributed by atoms with van der Waals surface area (Å²) in [6.07, 6.45) is 0. The van der Waals surface area contributed by atoms with Crippen molar-refractivity contribution in [2.24, 2.45) is 0 Å². The van der Waals surface area contributed by atoms with Gasteiger partial charge >= 0.3 is 0 Å². The van der Waals surface area contributed by atoms with Crippen molar-refractivity contribution < 1.29 is 0 Å². The van der Waals surface area contributed by atoms with E-state index in [2.05, 4.69) is 275 Å². The summed E-state index contributed by atoms with van der Waals surface area (Å²) in [5, 5.41) is 13.5. The first-order valence-electron chi connectivity index (χ1n) is 26.7. The molecule has 0 amide bonds. The summed E-state index contributed by atoms with van der Waals surface area (Å²) in [5.41, 5.74) is 21.4. The first kappa shape index (κ1) is 44.1. The van der Waals surface area contributed by atoms with Gasteiger partial charge in [-0.1, -0.05) is 207 Å². The van der Waals surface area contributed by atoms with Gasteiger partial charge < -0.3 is 14.4 Å². The Balaban J connectivity index is 1.17. The van der Waals surface area contributed by atoms with Crippen LogP contribution in [0, 0.1) is 27.7 Å². The predicted octanol–water partition coefficient (Wildman–Crippen LogP) is 13.4. The highest BCUT2D eigenvalue weighted by molar-refractivity contribution is 7.22. The molecule has 0 atom stereocenters. The fraction of sp³-hybridized carbons (Fsp3) is 0.114. The topological polar surface area (TPSA) is 11.4 Å². The van der Waals surface area contributed by atoms with Crippen LogP contribution in [0.3, 0.4) is 0 Å². The van der Waals surface area contributed by atoms with Gasteiger partial charge in [-0.2, -0.15) is 0 Å². The lowest BCUT2D eigenvalue weighted by molar-refractivity contribution is 0.591. The molecule has 0 bridgehead atoms. The molecule has 15 rings (SSSR count). The summed E-state index contributed by atoms with van der Waals surface area (Å²) in [4.78, 5) is 5.22. The molecule has 3 aliphatic rings. The van der Waals surface area contributed by atoms with Gasteiger partial charge in [0.1, 0.15) is 0 Å². The summed E-state index contributed by atoms with van der Waals surface area (Å²) in [6.45, 7) is 16.0. The molecule has 12 aromatic rings. The Morgan fingerprint density at radius 3 is 1.73 bits per heavy atom. The van der Waals surface area contributed by atoms with Gasteiger partial charge in [0.05, 0.1) is 16.7 Å². The number of hydrogen-bond donors (Lipinski definition) is 0. The molecule has 0 saturated carbocycles. The van der Waals surface area contributed by atoms with Crippen molar-refractivity contribution in [2.75, 3.05) is 9.80 Å². The second kappa shape index (κ2) is 15.8. The maximum Gasteiger partial charge on any atom is 0.252 e. The quantitative estimate of drug-likeness (QED) is 0.126. The zero-order valence-electron chi connectivity index (χ0n) is 43.6. The van der Waals surface area contributed by atoms with E-state index in [1.165, 1.54) is 131 Å². The highest BCUT2D eigenvalue weighted by Crippen LogP contribution is 2.49. The van der Waals surface area contributed by atoms with Crippen LogP contribution in [-0.2, 0) is 5.41 Å². The van der Waals surface area contributed by atoms with Crippen LogP contribution >= 0.6 is 0 Å². The fourth-order valence-electron chi connectivity index (χ4n) is 13.8. The smallest absolute Gasteiger partial charge is 0.252 e. The Bertz CT molecular complexity index is 4290. The third-order valence-corrected chi connectivity index (χ3v) is 21.9. The van der Waals surface area contributed by atoms with Gasteiger partial charge in [-0.25, -0.2) is 0 Å². The molecule has 0 fully saturated rings. The summed E-state index contributed by atoms with van der Waals surface area (Å²) in [5.74, 6) is 0. The summed E-state index contributed by atoms with van der Waals surface area (Å²) < 4.78 is 2.70. The molecule has 0 radical (unpaired) electrons. The number of hydrogen-bond acceptors (Lipinski definition) is 2. The van der Waals surface area contributed by atoms with E-state index < -0.39 is 8.07 Å². The summed E-state index contributed by atoms with van der Waals surface area (Å²) >= 11 is 0. The van der Waals surface area contributed by atoms with E-state index in [0.29, 0.717) is 0 Å². The molecule has 358 valence electrons. The van der Waals surface area contributed by atoms with Gasteiger partial charge in [0.2, 0.25) is 0 Å². The molecule has 0 unspecified atom stereocenters. The van der Waals surface area contributed by atoms with Crippen LogP contribution in [0.2, 0.25) is 0 Å².